The van der Waals surface area contributed by atoms with Gasteiger partial charge in [0.25, 0.3) is 0 Å². The first kappa shape index (κ1) is 11.9. The van der Waals surface area contributed by atoms with E-state index in [1.807, 2.05) is 18.2 Å². The molecule has 2 rings (SSSR count). The third-order valence-electron chi connectivity index (χ3n) is 3.03. The standard InChI is InChI=1S/C13H18N2O2/c1-17-13(16)11-6-2-3-7-12(11)15-9-10-5-4-8-14-10/h2-3,6-7,10,14-15H,4-5,8-9H2,1H3. The lowest BCUT2D eigenvalue weighted by Crippen LogP contribution is -2.29. The zero-order chi connectivity index (χ0) is 12.1. The molecule has 1 aliphatic heterocycles. The third kappa shape index (κ3) is 2.97. The van der Waals surface area contributed by atoms with Crippen molar-refractivity contribution in [2.45, 2.75) is 18.9 Å². The van der Waals surface area contributed by atoms with Crippen LogP contribution in [-0.4, -0.2) is 32.2 Å². The number of methoxy groups -OCH3 is 1. The molecule has 1 fully saturated rings. The van der Waals surface area contributed by atoms with Crippen molar-refractivity contribution < 1.29 is 9.53 Å². The molecule has 1 saturated heterocycles. The van der Waals surface area contributed by atoms with Crippen LogP contribution in [0.15, 0.2) is 24.3 Å². The molecule has 0 aromatic heterocycles. The van der Waals surface area contributed by atoms with Gasteiger partial charge in [-0.15, -0.1) is 0 Å². The highest BCUT2D eigenvalue weighted by Gasteiger charge is 2.15. The van der Waals surface area contributed by atoms with Crippen LogP contribution in [0.5, 0.6) is 0 Å². The zero-order valence-corrected chi connectivity index (χ0v) is 10.0. The smallest absolute Gasteiger partial charge is 0.339 e. The number of carbonyl (C=O) groups excluding carboxylic acids is 1. The normalized spacial score (nSPS) is 19.0. The van der Waals surface area contributed by atoms with Crippen molar-refractivity contribution in [1.29, 1.82) is 0 Å². The Labute approximate surface area is 101 Å². The highest BCUT2D eigenvalue weighted by Crippen LogP contribution is 2.16. The molecule has 1 atom stereocenters. The first-order valence-corrected chi connectivity index (χ1v) is 5.96. The third-order valence-corrected chi connectivity index (χ3v) is 3.03. The van der Waals surface area contributed by atoms with Gasteiger partial charge in [-0.3, -0.25) is 0 Å². The van der Waals surface area contributed by atoms with Crippen LogP contribution < -0.4 is 10.6 Å². The monoisotopic (exact) mass is 234 g/mol. The van der Waals surface area contributed by atoms with Crippen LogP contribution >= 0.6 is 0 Å². The van der Waals surface area contributed by atoms with E-state index in [0.29, 0.717) is 11.6 Å². The van der Waals surface area contributed by atoms with E-state index in [4.69, 9.17) is 4.74 Å². The van der Waals surface area contributed by atoms with E-state index in [1.165, 1.54) is 20.0 Å². The average Bonchev–Trinajstić information content (AvgIpc) is 2.89. The van der Waals surface area contributed by atoms with E-state index in [1.54, 1.807) is 6.07 Å². The molecule has 4 heteroatoms. The number of ether oxygens (including phenoxy) is 1. The lowest BCUT2D eigenvalue weighted by atomic mass is 10.1. The largest absolute Gasteiger partial charge is 0.465 e. The van der Waals surface area contributed by atoms with E-state index >= 15 is 0 Å². The molecule has 0 saturated carbocycles. The van der Waals surface area contributed by atoms with Crippen molar-refractivity contribution in [3.8, 4) is 0 Å². The van der Waals surface area contributed by atoms with Crippen molar-refractivity contribution in [1.82, 2.24) is 5.32 Å². The molecule has 0 aliphatic carbocycles. The van der Waals surface area contributed by atoms with Crippen LogP contribution in [0, 0.1) is 0 Å². The molecule has 0 bridgehead atoms. The zero-order valence-electron chi connectivity index (χ0n) is 10.0. The van der Waals surface area contributed by atoms with E-state index in [9.17, 15) is 4.79 Å². The Kier molecular flexibility index (Phi) is 3.98. The summed E-state index contributed by atoms with van der Waals surface area (Å²) in [5.41, 5.74) is 1.43. The van der Waals surface area contributed by atoms with E-state index in [2.05, 4.69) is 10.6 Å². The Balaban J connectivity index is 2.01. The summed E-state index contributed by atoms with van der Waals surface area (Å²) in [6.45, 7) is 1.93. The summed E-state index contributed by atoms with van der Waals surface area (Å²) in [4.78, 5) is 11.6. The number of esters is 1. The van der Waals surface area contributed by atoms with Crippen LogP contribution in [0.2, 0.25) is 0 Å². The van der Waals surface area contributed by atoms with Crippen LogP contribution in [0.4, 0.5) is 5.69 Å². The van der Waals surface area contributed by atoms with Gasteiger partial charge in [-0.05, 0) is 31.5 Å². The van der Waals surface area contributed by atoms with Crippen LogP contribution in [0.1, 0.15) is 23.2 Å². The van der Waals surface area contributed by atoms with Crippen molar-refractivity contribution in [3.05, 3.63) is 29.8 Å². The number of hydrogen-bond acceptors (Lipinski definition) is 4. The predicted octanol–water partition coefficient (Wildman–Crippen LogP) is 1.64. The molecule has 0 amide bonds. The molecule has 0 spiro atoms. The number of benzene rings is 1. The minimum atomic E-state index is -0.299. The average molecular weight is 234 g/mol. The fraction of sp³-hybridized carbons (Fsp3) is 0.462. The molecule has 4 nitrogen and oxygen atoms in total. The molecular weight excluding hydrogens is 216 g/mol. The number of para-hydroxylation sites is 1. The first-order chi connectivity index (χ1) is 8.31. The van der Waals surface area contributed by atoms with E-state index < -0.39 is 0 Å². The molecule has 17 heavy (non-hydrogen) atoms. The van der Waals surface area contributed by atoms with E-state index in [-0.39, 0.29) is 5.97 Å². The van der Waals surface area contributed by atoms with Gasteiger partial charge >= 0.3 is 5.97 Å². The summed E-state index contributed by atoms with van der Waals surface area (Å²) in [6, 6.07) is 7.93. The Morgan fingerprint density at radius 1 is 1.53 bits per heavy atom. The number of carbonyl (C=O) groups is 1. The summed E-state index contributed by atoms with van der Waals surface area (Å²) in [7, 11) is 1.40. The minimum absolute atomic E-state index is 0.299. The number of anilines is 1. The van der Waals surface area contributed by atoms with Crippen LogP contribution in [0.25, 0.3) is 0 Å². The molecular formula is C13H18N2O2. The second kappa shape index (κ2) is 5.68. The van der Waals surface area contributed by atoms with Gasteiger partial charge in [-0.2, -0.15) is 0 Å². The molecule has 92 valence electrons. The fourth-order valence-electron chi connectivity index (χ4n) is 2.09. The van der Waals surface area contributed by atoms with Gasteiger partial charge in [0.2, 0.25) is 0 Å². The highest BCUT2D eigenvalue weighted by molar-refractivity contribution is 5.95. The number of nitrogens with one attached hydrogen (secondary N) is 2. The Morgan fingerprint density at radius 3 is 3.06 bits per heavy atom. The topological polar surface area (TPSA) is 50.4 Å². The van der Waals surface area contributed by atoms with Gasteiger partial charge in [0.05, 0.1) is 12.7 Å². The maximum absolute atomic E-state index is 11.6. The van der Waals surface area contributed by atoms with Crippen molar-refractivity contribution >= 4 is 11.7 Å². The molecule has 2 N–H and O–H groups in total. The molecule has 1 unspecified atom stereocenters. The van der Waals surface area contributed by atoms with Gasteiger partial charge in [-0.1, -0.05) is 12.1 Å². The minimum Gasteiger partial charge on any atom is -0.465 e. The predicted molar refractivity (Wildman–Crippen MR) is 67.3 cm³/mol. The second-order valence-corrected chi connectivity index (χ2v) is 4.21. The highest BCUT2D eigenvalue weighted by atomic mass is 16.5. The van der Waals surface area contributed by atoms with Crippen molar-refractivity contribution in [3.63, 3.8) is 0 Å². The lowest BCUT2D eigenvalue weighted by molar-refractivity contribution is 0.0602. The van der Waals surface area contributed by atoms with Gasteiger partial charge in [0, 0.05) is 18.3 Å². The number of rotatable bonds is 4. The maximum Gasteiger partial charge on any atom is 0.339 e. The van der Waals surface area contributed by atoms with Gasteiger partial charge in [0.1, 0.15) is 0 Å². The fourth-order valence-corrected chi connectivity index (χ4v) is 2.09. The Hall–Kier alpha value is -1.55. The molecule has 1 aromatic rings. The summed E-state index contributed by atoms with van der Waals surface area (Å²) in [6.07, 6.45) is 2.42. The van der Waals surface area contributed by atoms with Gasteiger partial charge < -0.3 is 15.4 Å². The van der Waals surface area contributed by atoms with E-state index in [0.717, 1.165) is 18.8 Å². The summed E-state index contributed by atoms with van der Waals surface area (Å²) >= 11 is 0. The first-order valence-electron chi connectivity index (χ1n) is 5.96. The maximum atomic E-state index is 11.6. The van der Waals surface area contributed by atoms with Crippen molar-refractivity contribution in [2.24, 2.45) is 0 Å². The second-order valence-electron chi connectivity index (χ2n) is 4.21. The molecule has 1 aromatic carbocycles. The van der Waals surface area contributed by atoms with Gasteiger partial charge in [0.15, 0.2) is 0 Å². The summed E-state index contributed by atoms with van der Waals surface area (Å²) < 4.78 is 4.75. The molecule has 0 radical (unpaired) electrons. The summed E-state index contributed by atoms with van der Waals surface area (Å²) in [5.74, 6) is -0.299. The Bertz CT molecular complexity index is 387. The van der Waals surface area contributed by atoms with Crippen LogP contribution in [-0.2, 0) is 4.74 Å². The Morgan fingerprint density at radius 2 is 2.35 bits per heavy atom. The SMILES string of the molecule is COC(=O)c1ccccc1NCC1CCCN1. The lowest BCUT2D eigenvalue weighted by Gasteiger charge is -2.14. The summed E-state index contributed by atoms with van der Waals surface area (Å²) in [5, 5.41) is 6.72. The van der Waals surface area contributed by atoms with Crippen molar-refractivity contribution in [2.75, 3.05) is 25.5 Å². The molecule has 1 aliphatic rings. The van der Waals surface area contributed by atoms with Crippen LogP contribution in [0.3, 0.4) is 0 Å². The quantitative estimate of drug-likeness (QED) is 0.778. The molecule has 1 heterocycles. The van der Waals surface area contributed by atoms with Gasteiger partial charge in [-0.25, -0.2) is 4.79 Å². The number of hydrogen-bond donors (Lipinski definition) is 2.